The number of hydrogen-bond acceptors (Lipinski definition) is 3. The Bertz CT molecular complexity index is 338. The lowest BCUT2D eigenvalue weighted by Gasteiger charge is -2.22. The summed E-state index contributed by atoms with van der Waals surface area (Å²) in [5.41, 5.74) is 0. The molecule has 3 atom stereocenters. The van der Waals surface area contributed by atoms with Crippen molar-refractivity contribution in [2.75, 3.05) is 11.4 Å². The Morgan fingerprint density at radius 2 is 1.87 bits per heavy atom. The molecule has 0 bridgehead atoms. The zero-order valence-corrected chi connectivity index (χ0v) is 11.5. The monoisotopic (exact) mass is 317 g/mol. The molecule has 0 radical (unpaired) electrons. The molecular weight excluding hydrogens is 301 g/mol. The molecule has 82 valence electrons. The van der Waals surface area contributed by atoms with Crippen LogP contribution in [-0.4, -0.2) is 22.6 Å². The van der Waals surface area contributed by atoms with Gasteiger partial charge in [-0.3, -0.25) is 0 Å². The molecule has 15 heavy (non-hydrogen) atoms. The van der Waals surface area contributed by atoms with Crippen molar-refractivity contribution in [2.45, 2.75) is 26.8 Å². The average molecular weight is 317 g/mol. The molecule has 0 saturated carbocycles. The lowest BCUT2D eigenvalue weighted by molar-refractivity contribution is 0.440. The molecule has 4 heteroatoms. The maximum absolute atomic E-state index is 4.39. The summed E-state index contributed by atoms with van der Waals surface area (Å²) < 4.78 is 1.09. The normalized spacial score (nSPS) is 30.9. The Morgan fingerprint density at radius 1 is 1.27 bits per heavy atom. The van der Waals surface area contributed by atoms with Crippen LogP contribution in [0.15, 0.2) is 12.4 Å². The molecular formula is C11H16IN3. The van der Waals surface area contributed by atoms with E-state index in [1.54, 1.807) is 0 Å². The van der Waals surface area contributed by atoms with Crippen LogP contribution >= 0.6 is 22.6 Å². The highest BCUT2D eigenvalue weighted by Crippen LogP contribution is 2.31. The first-order valence-corrected chi connectivity index (χ1v) is 6.41. The highest BCUT2D eigenvalue weighted by molar-refractivity contribution is 14.1. The van der Waals surface area contributed by atoms with Gasteiger partial charge in [0, 0.05) is 28.6 Å². The standard InChI is InChI=1S/C11H16IN3/c1-7-6-15(9(3)8(7)2)11-13-4-10(12)5-14-11/h4-5,7-9H,6H2,1-3H3. The van der Waals surface area contributed by atoms with Gasteiger partial charge in [0.15, 0.2) is 0 Å². The molecule has 0 N–H and O–H groups in total. The van der Waals surface area contributed by atoms with Crippen molar-refractivity contribution >= 4 is 28.5 Å². The Hall–Kier alpha value is -0.390. The van der Waals surface area contributed by atoms with Gasteiger partial charge in [0.1, 0.15) is 0 Å². The van der Waals surface area contributed by atoms with Crippen molar-refractivity contribution < 1.29 is 0 Å². The van der Waals surface area contributed by atoms with Crippen LogP contribution in [0.1, 0.15) is 20.8 Å². The number of hydrogen-bond donors (Lipinski definition) is 0. The van der Waals surface area contributed by atoms with E-state index in [1.165, 1.54) is 0 Å². The second kappa shape index (κ2) is 4.23. The largest absolute Gasteiger partial charge is 0.338 e. The number of nitrogens with zero attached hydrogens (tertiary/aromatic N) is 3. The molecule has 1 aromatic heterocycles. The fourth-order valence-electron chi connectivity index (χ4n) is 2.12. The van der Waals surface area contributed by atoms with Crippen LogP contribution in [0.5, 0.6) is 0 Å². The highest BCUT2D eigenvalue weighted by Gasteiger charge is 2.34. The molecule has 1 aliphatic rings. The first kappa shape index (κ1) is 11.1. The Kier molecular flexibility index (Phi) is 3.13. The van der Waals surface area contributed by atoms with Crippen LogP contribution in [0.3, 0.4) is 0 Å². The van der Waals surface area contributed by atoms with Gasteiger partial charge in [-0.05, 0) is 41.4 Å². The van der Waals surface area contributed by atoms with E-state index >= 15 is 0 Å². The molecule has 1 fully saturated rings. The van der Waals surface area contributed by atoms with Crippen molar-refractivity contribution in [3.05, 3.63) is 16.0 Å². The number of anilines is 1. The van der Waals surface area contributed by atoms with E-state index < -0.39 is 0 Å². The molecule has 3 unspecified atom stereocenters. The van der Waals surface area contributed by atoms with Crippen LogP contribution in [-0.2, 0) is 0 Å². The van der Waals surface area contributed by atoms with Gasteiger partial charge < -0.3 is 4.90 Å². The van der Waals surface area contributed by atoms with Crippen LogP contribution in [0.25, 0.3) is 0 Å². The maximum Gasteiger partial charge on any atom is 0.225 e. The van der Waals surface area contributed by atoms with Crippen molar-refractivity contribution in [1.29, 1.82) is 0 Å². The second-order valence-corrected chi connectivity index (χ2v) is 5.68. The summed E-state index contributed by atoms with van der Waals surface area (Å²) in [6, 6.07) is 0.542. The van der Waals surface area contributed by atoms with Gasteiger partial charge in [-0.2, -0.15) is 0 Å². The minimum absolute atomic E-state index is 0.542. The molecule has 2 rings (SSSR count). The predicted octanol–water partition coefficient (Wildman–Crippen LogP) is 2.56. The van der Waals surface area contributed by atoms with Crippen molar-refractivity contribution in [3.8, 4) is 0 Å². The minimum atomic E-state index is 0.542. The van der Waals surface area contributed by atoms with E-state index in [4.69, 9.17) is 0 Å². The zero-order chi connectivity index (χ0) is 11.0. The SMILES string of the molecule is CC1CN(c2ncc(I)cn2)C(C)C1C. The van der Waals surface area contributed by atoms with Crippen LogP contribution < -0.4 is 4.90 Å². The fourth-order valence-corrected chi connectivity index (χ4v) is 2.40. The van der Waals surface area contributed by atoms with Crippen LogP contribution in [0.2, 0.25) is 0 Å². The molecule has 0 spiro atoms. The third kappa shape index (κ3) is 2.09. The highest BCUT2D eigenvalue weighted by atomic mass is 127. The zero-order valence-electron chi connectivity index (χ0n) is 9.31. The minimum Gasteiger partial charge on any atom is -0.338 e. The average Bonchev–Trinajstić information content (AvgIpc) is 2.47. The first-order valence-electron chi connectivity index (χ1n) is 5.33. The summed E-state index contributed by atoms with van der Waals surface area (Å²) in [5.74, 6) is 2.31. The summed E-state index contributed by atoms with van der Waals surface area (Å²) >= 11 is 2.23. The lowest BCUT2D eigenvalue weighted by Crippen LogP contribution is -2.30. The third-order valence-corrected chi connectivity index (χ3v) is 4.06. The molecule has 0 aliphatic carbocycles. The van der Waals surface area contributed by atoms with Gasteiger partial charge in [0.05, 0.1) is 0 Å². The van der Waals surface area contributed by atoms with E-state index in [2.05, 4.69) is 58.2 Å². The van der Waals surface area contributed by atoms with Crippen LogP contribution in [0, 0.1) is 15.4 Å². The summed E-state index contributed by atoms with van der Waals surface area (Å²) in [4.78, 5) is 11.1. The summed E-state index contributed by atoms with van der Waals surface area (Å²) in [6.45, 7) is 7.94. The lowest BCUT2D eigenvalue weighted by atomic mass is 9.95. The van der Waals surface area contributed by atoms with Gasteiger partial charge in [0.2, 0.25) is 5.95 Å². The Balaban J connectivity index is 2.22. The molecule has 0 amide bonds. The molecule has 1 aromatic rings. The van der Waals surface area contributed by atoms with E-state index in [0.717, 1.165) is 22.0 Å². The van der Waals surface area contributed by atoms with Gasteiger partial charge >= 0.3 is 0 Å². The van der Waals surface area contributed by atoms with Crippen molar-refractivity contribution in [2.24, 2.45) is 11.8 Å². The molecule has 0 aromatic carbocycles. The molecule has 1 saturated heterocycles. The van der Waals surface area contributed by atoms with Crippen molar-refractivity contribution in [1.82, 2.24) is 9.97 Å². The Labute approximate surface area is 104 Å². The summed E-state index contributed by atoms with van der Waals surface area (Å²) in [5, 5.41) is 0. The van der Waals surface area contributed by atoms with E-state index in [-0.39, 0.29) is 0 Å². The Morgan fingerprint density at radius 3 is 2.33 bits per heavy atom. The summed E-state index contributed by atoms with van der Waals surface area (Å²) in [6.07, 6.45) is 3.76. The summed E-state index contributed by atoms with van der Waals surface area (Å²) in [7, 11) is 0. The topological polar surface area (TPSA) is 29.0 Å². The van der Waals surface area contributed by atoms with Gasteiger partial charge in [0.25, 0.3) is 0 Å². The quantitative estimate of drug-likeness (QED) is 0.746. The third-order valence-electron chi connectivity index (χ3n) is 3.50. The van der Waals surface area contributed by atoms with Gasteiger partial charge in [-0.1, -0.05) is 13.8 Å². The molecule has 3 nitrogen and oxygen atoms in total. The van der Waals surface area contributed by atoms with E-state index in [0.29, 0.717) is 12.0 Å². The first-order chi connectivity index (χ1) is 7.09. The fraction of sp³-hybridized carbons (Fsp3) is 0.636. The van der Waals surface area contributed by atoms with E-state index in [1.807, 2.05) is 12.4 Å². The van der Waals surface area contributed by atoms with Crippen molar-refractivity contribution in [3.63, 3.8) is 0 Å². The second-order valence-electron chi connectivity index (χ2n) is 4.43. The number of rotatable bonds is 1. The van der Waals surface area contributed by atoms with Gasteiger partial charge in [-0.15, -0.1) is 0 Å². The van der Waals surface area contributed by atoms with E-state index in [9.17, 15) is 0 Å². The maximum atomic E-state index is 4.39. The van der Waals surface area contributed by atoms with Gasteiger partial charge in [-0.25, -0.2) is 9.97 Å². The smallest absolute Gasteiger partial charge is 0.225 e. The predicted molar refractivity (Wildman–Crippen MR) is 69.9 cm³/mol. The molecule has 2 heterocycles. The molecule has 1 aliphatic heterocycles. The van der Waals surface area contributed by atoms with Crippen LogP contribution in [0.4, 0.5) is 5.95 Å². The number of aromatic nitrogens is 2. The number of halogens is 1.